The number of hydrogen-bond donors (Lipinski definition) is 1. The number of halogens is 2. The third-order valence-corrected chi connectivity index (χ3v) is 3.08. The summed E-state index contributed by atoms with van der Waals surface area (Å²) in [7, 11) is 0. The van der Waals surface area contributed by atoms with Crippen LogP contribution >= 0.6 is 11.6 Å². The molecule has 0 aliphatic rings. The highest BCUT2D eigenvalue weighted by atomic mass is 35.5. The van der Waals surface area contributed by atoms with Gasteiger partial charge >= 0.3 is 0 Å². The third kappa shape index (κ3) is 3.04. The Labute approximate surface area is 116 Å². The Morgan fingerprint density at radius 3 is 2.63 bits per heavy atom. The number of rotatable bonds is 3. The van der Waals surface area contributed by atoms with E-state index < -0.39 is 6.04 Å². The van der Waals surface area contributed by atoms with E-state index in [1.807, 2.05) is 6.92 Å². The van der Waals surface area contributed by atoms with Crippen molar-refractivity contribution in [1.29, 1.82) is 5.26 Å². The van der Waals surface area contributed by atoms with E-state index >= 15 is 0 Å². The maximum Gasteiger partial charge on any atom is 0.146 e. The number of nitriles is 1. The molecular formula is C15H12ClFN2. The summed E-state index contributed by atoms with van der Waals surface area (Å²) in [4.78, 5) is 0. The normalized spacial score (nSPS) is 11.7. The Hall–Kier alpha value is -2.05. The number of nitrogens with zero attached hydrogens (tertiary/aromatic N) is 1. The molecule has 0 spiro atoms. The second kappa shape index (κ2) is 5.73. The molecule has 96 valence electrons. The summed E-state index contributed by atoms with van der Waals surface area (Å²) in [6, 6.07) is 13.1. The van der Waals surface area contributed by atoms with Crippen molar-refractivity contribution in [3.8, 4) is 6.07 Å². The van der Waals surface area contributed by atoms with Crippen LogP contribution in [0.25, 0.3) is 0 Å². The predicted molar refractivity (Wildman–Crippen MR) is 74.6 cm³/mol. The van der Waals surface area contributed by atoms with Gasteiger partial charge in [0.25, 0.3) is 0 Å². The average molecular weight is 275 g/mol. The van der Waals surface area contributed by atoms with Crippen LogP contribution in [0, 0.1) is 24.1 Å². The van der Waals surface area contributed by atoms with Crippen molar-refractivity contribution in [2.45, 2.75) is 13.0 Å². The number of para-hydroxylation sites is 1. The van der Waals surface area contributed by atoms with Crippen molar-refractivity contribution >= 4 is 17.3 Å². The van der Waals surface area contributed by atoms with Gasteiger partial charge in [-0.3, -0.25) is 0 Å². The molecule has 1 unspecified atom stereocenters. The van der Waals surface area contributed by atoms with Crippen molar-refractivity contribution in [2.75, 3.05) is 5.32 Å². The molecule has 0 radical (unpaired) electrons. The largest absolute Gasteiger partial charge is 0.364 e. The van der Waals surface area contributed by atoms with Crippen LogP contribution in [0.15, 0.2) is 42.5 Å². The SMILES string of the molecule is Cc1cc(Cl)ccc1C(C#N)Nc1ccccc1F. The zero-order valence-corrected chi connectivity index (χ0v) is 11.1. The van der Waals surface area contributed by atoms with Crippen LogP contribution in [0.2, 0.25) is 5.02 Å². The molecule has 4 heteroatoms. The van der Waals surface area contributed by atoms with Crippen LogP contribution in [0.3, 0.4) is 0 Å². The summed E-state index contributed by atoms with van der Waals surface area (Å²) in [6.07, 6.45) is 0. The first kappa shape index (κ1) is 13.4. The van der Waals surface area contributed by atoms with Gasteiger partial charge in [0.15, 0.2) is 0 Å². The van der Waals surface area contributed by atoms with E-state index in [1.54, 1.807) is 36.4 Å². The molecule has 0 saturated heterocycles. The lowest BCUT2D eigenvalue weighted by Crippen LogP contribution is -2.11. The fraction of sp³-hybridized carbons (Fsp3) is 0.133. The molecule has 0 bridgehead atoms. The Bertz CT molecular complexity index is 634. The Kier molecular flexibility index (Phi) is 4.03. The van der Waals surface area contributed by atoms with Crippen LogP contribution in [0.1, 0.15) is 17.2 Å². The summed E-state index contributed by atoms with van der Waals surface area (Å²) >= 11 is 5.89. The highest BCUT2D eigenvalue weighted by Crippen LogP contribution is 2.25. The third-order valence-electron chi connectivity index (χ3n) is 2.85. The van der Waals surface area contributed by atoms with Gasteiger partial charge in [0, 0.05) is 5.02 Å². The average Bonchev–Trinajstić information content (AvgIpc) is 2.39. The molecule has 2 aromatic carbocycles. The van der Waals surface area contributed by atoms with Crippen molar-refractivity contribution in [2.24, 2.45) is 0 Å². The lowest BCUT2D eigenvalue weighted by Gasteiger charge is -2.16. The standard InChI is InChI=1S/C15H12ClFN2/c1-10-8-11(16)6-7-12(10)15(9-18)19-14-5-3-2-4-13(14)17/h2-8,15,19H,1H3. The second-order valence-electron chi connectivity index (χ2n) is 4.19. The number of benzene rings is 2. The van der Waals surface area contributed by atoms with Crippen molar-refractivity contribution in [3.05, 3.63) is 64.4 Å². The molecule has 0 aromatic heterocycles. The highest BCUT2D eigenvalue weighted by Gasteiger charge is 2.14. The maximum absolute atomic E-state index is 13.6. The fourth-order valence-corrected chi connectivity index (χ4v) is 2.10. The van der Waals surface area contributed by atoms with Gasteiger partial charge in [-0.05, 0) is 42.3 Å². The van der Waals surface area contributed by atoms with E-state index in [4.69, 9.17) is 11.6 Å². The highest BCUT2D eigenvalue weighted by molar-refractivity contribution is 6.30. The zero-order chi connectivity index (χ0) is 13.8. The Morgan fingerprint density at radius 1 is 1.26 bits per heavy atom. The van der Waals surface area contributed by atoms with Gasteiger partial charge in [0.05, 0.1) is 11.8 Å². The zero-order valence-electron chi connectivity index (χ0n) is 10.3. The lowest BCUT2D eigenvalue weighted by atomic mass is 10.0. The predicted octanol–water partition coefficient (Wildman–Crippen LogP) is 4.46. The molecule has 0 aliphatic heterocycles. The summed E-state index contributed by atoms with van der Waals surface area (Å²) in [5.74, 6) is -0.380. The van der Waals surface area contributed by atoms with Crippen LogP contribution in [-0.4, -0.2) is 0 Å². The molecular weight excluding hydrogens is 263 g/mol. The van der Waals surface area contributed by atoms with Gasteiger partial charge in [-0.1, -0.05) is 29.8 Å². The topological polar surface area (TPSA) is 35.8 Å². The molecule has 1 atom stereocenters. The number of hydrogen-bond acceptors (Lipinski definition) is 2. The van der Waals surface area contributed by atoms with Gasteiger partial charge in [0.1, 0.15) is 11.9 Å². The van der Waals surface area contributed by atoms with E-state index in [2.05, 4.69) is 11.4 Å². The monoisotopic (exact) mass is 274 g/mol. The summed E-state index contributed by atoms with van der Waals surface area (Å²) in [6.45, 7) is 1.87. The van der Waals surface area contributed by atoms with Gasteiger partial charge < -0.3 is 5.32 Å². The van der Waals surface area contributed by atoms with Crippen molar-refractivity contribution in [1.82, 2.24) is 0 Å². The second-order valence-corrected chi connectivity index (χ2v) is 4.62. The van der Waals surface area contributed by atoms with Gasteiger partial charge in [0.2, 0.25) is 0 Å². The Morgan fingerprint density at radius 2 is 2.00 bits per heavy atom. The minimum Gasteiger partial charge on any atom is -0.364 e. The number of nitrogens with one attached hydrogen (secondary N) is 1. The minimum absolute atomic E-state index is 0.309. The summed E-state index contributed by atoms with van der Waals surface area (Å²) in [5.41, 5.74) is 1.99. The van der Waals surface area contributed by atoms with E-state index in [0.717, 1.165) is 11.1 Å². The van der Waals surface area contributed by atoms with E-state index in [9.17, 15) is 9.65 Å². The van der Waals surface area contributed by atoms with Crippen LogP contribution in [-0.2, 0) is 0 Å². The number of aryl methyl sites for hydroxylation is 1. The van der Waals surface area contributed by atoms with Crippen LogP contribution < -0.4 is 5.32 Å². The quantitative estimate of drug-likeness (QED) is 0.897. The van der Waals surface area contributed by atoms with E-state index in [0.29, 0.717) is 10.7 Å². The van der Waals surface area contributed by atoms with Crippen molar-refractivity contribution < 1.29 is 4.39 Å². The summed E-state index contributed by atoms with van der Waals surface area (Å²) < 4.78 is 13.6. The first-order valence-electron chi connectivity index (χ1n) is 5.78. The molecule has 0 saturated carbocycles. The van der Waals surface area contributed by atoms with Crippen LogP contribution in [0.4, 0.5) is 10.1 Å². The molecule has 2 nitrogen and oxygen atoms in total. The molecule has 0 heterocycles. The van der Waals surface area contributed by atoms with E-state index in [1.165, 1.54) is 6.07 Å². The summed E-state index contributed by atoms with van der Waals surface area (Å²) in [5, 5.41) is 12.8. The smallest absolute Gasteiger partial charge is 0.146 e. The lowest BCUT2D eigenvalue weighted by molar-refractivity contribution is 0.629. The number of anilines is 1. The van der Waals surface area contributed by atoms with Crippen molar-refractivity contribution in [3.63, 3.8) is 0 Å². The first-order chi connectivity index (χ1) is 9.11. The van der Waals surface area contributed by atoms with Gasteiger partial charge in [-0.2, -0.15) is 5.26 Å². The Balaban J connectivity index is 2.31. The molecule has 0 fully saturated rings. The molecule has 0 amide bonds. The minimum atomic E-state index is -0.617. The molecule has 2 rings (SSSR count). The first-order valence-corrected chi connectivity index (χ1v) is 6.16. The van der Waals surface area contributed by atoms with E-state index in [-0.39, 0.29) is 5.82 Å². The van der Waals surface area contributed by atoms with Gasteiger partial charge in [-0.15, -0.1) is 0 Å². The van der Waals surface area contributed by atoms with Gasteiger partial charge in [-0.25, -0.2) is 4.39 Å². The maximum atomic E-state index is 13.6. The van der Waals surface area contributed by atoms with Crippen LogP contribution in [0.5, 0.6) is 0 Å². The molecule has 0 aliphatic carbocycles. The fourth-order valence-electron chi connectivity index (χ4n) is 1.88. The molecule has 19 heavy (non-hydrogen) atoms. The molecule has 1 N–H and O–H groups in total. The molecule has 2 aromatic rings.